The average Bonchev–Trinajstić information content (AvgIpc) is 3.03. The molecule has 0 radical (unpaired) electrons. The fourth-order valence-corrected chi connectivity index (χ4v) is 3.44. The minimum absolute atomic E-state index is 0.0538. The maximum atomic E-state index is 12.2. The molecule has 1 atom stereocenters. The van der Waals surface area contributed by atoms with Crippen LogP contribution in [0.4, 0.5) is 4.79 Å². The Morgan fingerprint density at radius 3 is 2.71 bits per heavy atom. The number of aromatic nitrogens is 2. The van der Waals surface area contributed by atoms with Crippen molar-refractivity contribution in [3.8, 4) is 0 Å². The van der Waals surface area contributed by atoms with Gasteiger partial charge in [0.15, 0.2) is 6.10 Å². The van der Waals surface area contributed by atoms with Gasteiger partial charge in [0.25, 0.3) is 5.91 Å². The number of likely N-dealkylation sites (tertiary alicyclic amines) is 1. The van der Waals surface area contributed by atoms with Gasteiger partial charge in [-0.1, -0.05) is 0 Å². The molecule has 132 valence electrons. The Bertz CT molecular complexity index is 619. The molecule has 2 N–H and O–H groups in total. The van der Waals surface area contributed by atoms with Crippen molar-refractivity contribution in [3.05, 3.63) is 18.2 Å². The van der Waals surface area contributed by atoms with E-state index in [9.17, 15) is 9.59 Å². The summed E-state index contributed by atoms with van der Waals surface area (Å²) in [7, 11) is 1.61. The Morgan fingerprint density at radius 2 is 2.08 bits per heavy atom. The number of amides is 3. The molecular weight excluding hydrogens is 310 g/mol. The standard InChI is InChI=1S/C16H25N5O3/c1-11(2)19-15(23)20-7-4-16(5-8-20)14-18-6-9-21(14)10-12(24-16)13(22)17-3/h6,9,11-12H,4-5,7-8,10H2,1-3H3,(H,17,22)(H,19,23)/t12-/m0/s1. The monoisotopic (exact) mass is 335 g/mol. The van der Waals surface area contributed by atoms with Crippen molar-refractivity contribution in [2.45, 2.75) is 51.0 Å². The van der Waals surface area contributed by atoms with Gasteiger partial charge in [-0.25, -0.2) is 9.78 Å². The zero-order chi connectivity index (χ0) is 17.3. The summed E-state index contributed by atoms with van der Waals surface area (Å²) in [6.07, 6.45) is 4.34. The summed E-state index contributed by atoms with van der Waals surface area (Å²) in [6.45, 7) is 5.50. The predicted molar refractivity (Wildman–Crippen MR) is 87.3 cm³/mol. The van der Waals surface area contributed by atoms with Gasteiger partial charge in [-0.2, -0.15) is 0 Å². The molecule has 1 aromatic rings. The van der Waals surface area contributed by atoms with Crippen LogP contribution in [0.25, 0.3) is 0 Å². The van der Waals surface area contributed by atoms with E-state index in [1.54, 1.807) is 18.1 Å². The molecule has 1 spiro atoms. The Morgan fingerprint density at radius 1 is 1.38 bits per heavy atom. The van der Waals surface area contributed by atoms with Crippen molar-refractivity contribution in [1.29, 1.82) is 0 Å². The highest BCUT2D eigenvalue weighted by Gasteiger charge is 2.47. The maximum Gasteiger partial charge on any atom is 0.317 e. The number of hydrogen-bond acceptors (Lipinski definition) is 4. The van der Waals surface area contributed by atoms with Gasteiger partial charge < -0.3 is 24.8 Å². The Hall–Kier alpha value is -2.09. The smallest absolute Gasteiger partial charge is 0.317 e. The molecule has 24 heavy (non-hydrogen) atoms. The summed E-state index contributed by atoms with van der Waals surface area (Å²) in [5.74, 6) is 0.722. The lowest BCUT2D eigenvalue weighted by molar-refractivity contribution is -0.171. The average molecular weight is 335 g/mol. The predicted octanol–water partition coefficient (Wildman–Crippen LogP) is 0.437. The van der Waals surface area contributed by atoms with Crippen LogP contribution in [0.2, 0.25) is 0 Å². The third-order valence-electron chi connectivity index (χ3n) is 4.66. The number of piperidine rings is 1. The van der Waals surface area contributed by atoms with Crippen LogP contribution in [-0.2, 0) is 21.7 Å². The van der Waals surface area contributed by atoms with Gasteiger partial charge in [-0.05, 0) is 13.8 Å². The summed E-state index contributed by atoms with van der Waals surface area (Å²) in [5, 5.41) is 5.57. The number of nitrogens with one attached hydrogen (secondary N) is 2. The molecule has 2 aliphatic heterocycles. The van der Waals surface area contributed by atoms with Crippen molar-refractivity contribution in [2.24, 2.45) is 0 Å². The molecule has 0 aromatic carbocycles. The van der Waals surface area contributed by atoms with Crippen LogP contribution in [0.3, 0.4) is 0 Å². The van der Waals surface area contributed by atoms with Crippen molar-refractivity contribution in [2.75, 3.05) is 20.1 Å². The maximum absolute atomic E-state index is 12.2. The van der Waals surface area contributed by atoms with E-state index in [-0.39, 0.29) is 18.0 Å². The summed E-state index contributed by atoms with van der Waals surface area (Å²) in [5.41, 5.74) is -0.604. The number of ether oxygens (including phenoxy) is 1. The van der Waals surface area contributed by atoms with Crippen LogP contribution in [0.1, 0.15) is 32.5 Å². The highest BCUT2D eigenvalue weighted by Crippen LogP contribution is 2.40. The lowest BCUT2D eigenvalue weighted by atomic mass is 9.88. The Balaban J connectivity index is 1.76. The molecule has 3 amide bonds. The molecule has 1 fully saturated rings. The molecule has 0 aliphatic carbocycles. The van der Waals surface area contributed by atoms with Gasteiger partial charge in [0.2, 0.25) is 0 Å². The number of likely N-dealkylation sites (N-methyl/N-ethyl adjacent to an activating group) is 1. The highest BCUT2D eigenvalue weighted by molar-refractivity contribution is 5.80. The number of nitrogens with zero attached hydrogens (tertiary/aromatic N) is 3. The number of hydrogen-bond donors (Lipinski definition) is 2. The second-order valence-corrected chi connectivity index (χ2v) is 6.71. The van der Waals surface area contributed by atoms with E-state index in [0.29, 0.717) is 32.5 Å². The van der Waals surface area contributed by atoms with Gasteiger partial charge in [0.1, 0.15) is 11.4 Å². The van der Waals surface area contributed by atoms with Crippen LogP contribution in [0.15, 0.2) is 12.4 Å². The van der Waals surface area contributed by atoms with Crippen LogP contribution < -0.4 is 10.6 Å². The van der Waals surface area contributed by atoms with E-state index >= 15 is 0 Å². The molecule has 3 rings (SSSR count). The van der Waals surface area contributed by atoms with Crippen LogP contribution in [0.5, 0.6) is 0 Å². The summed E-state index contributed by atoms with van der Waals surface area (Å²) in [4.78, 5) is 30.5. The quantitative estimate of drug-likeness (QED) is 0.821. The number of imidazole rings is 1. The number of carbonyl (C=O) groups is 2. The second kappa shape index (κ2) is 6.43. The molecule has 0 saturated carbocycles. The lowest BCUT2D eigenvalue weighted by Gasteiger charge is -2.45. The number of urea groups is 1. The molecule has 0 bridgehead atoms. The third-order valence-corrected chi connectivity index (χ3v) is 4.66. The summed E-state index contributed by atoms with van der Waals surface area (Å²) in [6, 6.07) is 0.0534. The van der Waals surface area contributed by atoms with E-state index < -0.39 is 11.7 Å². The zero-order valence-electron chi connectivity index (χ0n) is 14.4. The van der Waals surface area contributed by atoms with E-state index in [4.69, 9.17) is 4.74 Å². The lowest BCUT2D eigenvalue weighted by Crippen LogP contribution is -2.56. The molecule has 1 saturated heterocycles. The van der Waals surface area contributed by atoms with Crippen LogP contribution in [-0.4, -0.2) is 58.7 Å². The SMILES string of the molecule is CNC(=O)[C@@H]1Cn2ccnc2C2(CCN(C(=O)NC(C)C)CC2)O1. The largest absolute Gasteiger partial charge is 0.357 e. The van der Waals surface area contributed by atoms with Gasteiger partial charge >= 0.3 is 6.03 Å². The first-order chi connectivity index (χ1) is 11.4. The van der Waals surface area contributed by atoms with Gasteiger partial charge in [0.05, 0.1) is 6.54 Å². The Labute approximate surface area is 141 Å². The molecule has 0 unspecified atom stereocenters. The summed E-state index contributed by atoms with van der Waals surface area (Å²) >= 11 is 0. The second-order valence-electron chi connectivity index (χ2n) is 6.71. The number of fused-ring (bicyclic) bond motifs is 2. The van der Waals surface area contributed by atoms with Gasteiger partial charge in [-0.15, -0.1) is 0 Å². The van der Waals surface area contributed by atoms with Gasteiger partial charge in [0, 0.05) is 51.4 Å². The minimum Gasteiger partial charge on any atom is -0.357 e. The summed E-state index contributed by atoms with van der Waals surface area (Å²) < 4.78 is 8.20. The van der Waals surface area contributed by atoms with E-state index in [1.165, 1.54) is 0 Å². The first-order valence-electron chi connectivity index (χ1n) is 8.41. The topological polar surface area (TPSA) is 88.5 Å². The van der Waals surface area contributed by atoms with Crippen molar-refractivity contribution < 1.29 is 14.3 Å². The van der Waals surface area contributed by atoms with Crippen LogP contribution >= 0.6 is 0 Å². The number of carbonyl (C=O) groups excluding carboxylic acids is 2. The third kappa shape index (κ3) is 2.98. The van der Waals surface area contributed by atoms with Crippen molar-refractivity contribution >= 4 is 11.9 Å². The molecule has 8 heteroatoms. The first-order valence-corrected chi connectivity index (χ1v) is 8.41. The molecule has 8 nitrogen and oxygen atoms in total. The molecule has 2 aliphatic rings. The van der Waals surface area contributed by atoms with Gasteiger partial charge in [-0.3, -0.25) is 4.79 Å². The van der Waals surface area contributed by atoms with Crippen molar-refractivity contribution in [1.82, 2.24) is 25.1 Å². The zero-order valence-corrected chi connectivity index (χ0v) is 14.4. The highest BCUT2D eigenvalue weighted by atomic mass is 16.5. The first kappa shape index (κ1) is 16.8. The number of rotatable bonds is 2. The molecule has 1 aromatic heterocycles. The fraction of sp³-hybridized carbons (Fsp3) is 0.688. The minimum atomic E-state index is -0.604. The molecule has 3 heterocycles. The fourth-order valence-electron chi connectivity index (χ4n) is 3.44. The van der Waals surface area contributed by atoms with Crippen LogP contribution in [0, 0.1) is 0 Å². The molecular formula is C16H25N5O3. The Kier molecular flexibility index (Phi) is 4.49. The van der Waals surface area contributed by atoms with E-state index in [0.717, 1.165) is 5.82 Å². The van der Waals surface area contributed by atoms with E-state index in [2.05, 4.69) is 15.6 Å². The normalized spacial score (nSPS) is 22.3. The van der Waals surface area contributed by atoms with Crippen molar-refractivity contribution in [3.63, 3.8) is 0 Å². The van der Waals surface area contributed by atoms with E-state index in [1.807, 2.05) is 24.6 Å².